The molecule has 0 bridgehead atoms. The van der Waals surface area contributed by atoms with Crippen LogP contribution < -0.4 is 15.5 Å². The van der Waals surface area contributed by atoms with Crippen LogP contribution in [0, 0.1) is 0 Å². The number of nitrogens with zero attached hydrogens (tertiary/aromatic N) is 6. The van der Waals surface area contributed by atoms with Crippen LogP contribution in [0.3, 0.4) is 0 Å². The quantitative estimate of drug-likeness (QED) is 0.102. The number of imide groups is 1. The average molecular weight is 847 g/mol. The van der Waals surface area contributed by atoms with Gasteiger partial charge in [-0.25, -0.2) is 4.98 Å². The van der Waals surface area contributed by atoms with Crippen molar-refractivity contribution >= 4 is 63.5 Å². The van der Waals surface area contributed by atoms with Gasteiger partial charge in [-0.2, -0.15) is 0 Å². The maximum Gasteiger partial charge on any atom is 0.255 e. The normalized spacial score (nSPS) is 20.7. The molecule has 3 fully saturated rings. The molecule has 6 heterocycles. The van der Waals surface area contributed by atoms with Gasteiger partial charge in [0, 0.05) is 98.1 Å². The minimum atomic E-state index is -0.772. The molecule has 60 heavy (non-hydrogen) atoms. The lowest BCUT2D eigenvalue weighted by atomic mass is 10.0. The van der Waals surface area contributed by atoms with E-state index in [-0.39, 0.29) is 36.0 Å². The van der Waals surface area contributed by atoms with Crippen LogP contribution in [-0.2, 0) is 27.5 Å². The van der Waals surface area contributed by atoms with Crippen molar-refractivity contribution < 1.29 is 24.0 Å². The zero-order valence-electron chi connectivity index (χ0n) is 33.6. The predicted octanol–water partition coefficient (Wildman–Crippen LogP) is 5.40. The molecule has 4 aromatic rings. The molecule has 2 unspecified atom stereocenters. The van der Waals surface area contributed by atoms with E-state index in [0.29, 0.717) is 41.8 Å². The molecule has 3 saturated heterocycles. The minimum Gasteiger partial charge on any atom is -0.371 e. The zero-order chi connectivity index (χ0) is 41.2. The van der Waals surface area contributed by atoms with Crippen molar-refractivity contribution in [1.82, 2.24) is 29.9 Å². The SMILES string of the molecule is O=C1CCC(N2Cc3c(SCCCCN4CCN(C5CCN(c6ccc7c(c6)C(=O)N(C(C(=O)Nc6nccs6)c6ccccc6)C7)CC5)CC4)cccc3C2=O)C(=O)N1. The minimum absolute atomic E-state index is 0.124. The number of anilines is 2. The number of fused-ring (bicyclic) bond motifs is 2. The summed E-state index contributed by atoms with van der Waals surface area (Å²) in [5, 5.41) is 7.62. The van der Waals surface area contributed by atoms with Gasteiger partial charge >= 0.3 is 0 Å². The van der Waals surface area contributed by atoms with E-state index in [1.54, 1.807) is 27.8 Å². The second-order valence-electron chi connectivity index (χ2n) is 16.2. The van der Waals surface area contributed by atoms with Gasteiger partial charge in [-0.05, 0) is 85.4 Å². The first-order chi connectivity index (χ1) is 29.3. The molecule has 5 amide bonds. The molecule has 15 heteroatoms. The van der Waals surface area contributed by atoms with Gasteiger partial charge in [0.25, 0.3) is 17.7 Å². The van der Waals surface area contributed by atoms with E-state index < -0.39 is 12.1 Å². The fourth-order valence-corrected chi connectivity index (χ4v) is 11.1. The van der Waals surface area contributed by atoms with Crippen LogP contribution in [0.15, 0.2) is 83.2 Å². The summed E-state index contributed by atoms with van der Waals surface area (Å²) in [5.74, 6) is -0.204. The third kappa shape index (κ3) is 8.45. The molecule has 0 saturated carbocycles. The maximum absolute atomic E-state index is 14.0. The van der Waals surface area contributed by atoms with Crippen molar-refractivity contribution in [2.45, 2.75) is 74.6 Å². The number of unbranched alkanes of at least 4 members (excludes halogenated alkanes) is 1. The Kier molecular flexibility index (Phi) is 12.0. The lowest BCUT2D eigenvalue weighted by Crippen LogP contribution is -2.53. The van der Waals surface area contributed by atoms with Crippen LogP contribution in [-0.4, -0.2) is 118 Å². The molecule has 5 aliphatic rings. The molecule has 0 spiro atoms. The number of benzene rings is 3. The molecule has 9 rings (SSSR count). The molecule has 5 aliphatic heterocycles. The van der Waals surface area contributed by atoms with Crippen molar-refractivity contribution in [3.63, 3.8) is 0 Å². The van der Waals surface area contributed by atoms with Gasteiger partial charge in [0.2, 0.25) is 11.8 Å². The Morgan fingerprint density at radius 1 is 0.867 bits per heavy atom. The lowest BCUT2D eigenvalue weighted by Gasteiger charge is -2.43. The van der Waals surface area contributed by atoms with Crippen molar-refractivity contribution in [2.75, 3.05) is 61.8 Å². The number of thioether (sulfide) groups is 1. The van der Waals surface area contributed by atoms with Gasteiger partial charge in [-0.3, -0.25) is 39.5 Å². The van der Waals surface area contributed by atoms with Gasteiger partial charge in [0.05, 0.1) is 0 Å². The average Bonchev–Trinajstić information content (AvgIpc) is 3.99. The molecule has 3 aromatic carbocycles. The number of rotatable bonds is 13. The number of aromatic nitrogens is 1. The summed E-state index contributed by atoms with van der Waals surface area (Å²) >= 11 is 3.14. The Balaban J connectivity index is 0.713. The molecule has 312 valence electrons. The number of nitrogens with one attached hydrogen (secondary N) is 2. The van der Waals surface area contributed by atoms with Crippen LogP contribution in [0.5, 0.6) is 0 Å². The van der Waals surface area contributed by atoms with Gasteiger partial charge in [0.15, 0.2) is 5.13 Å². The Labute approximate surface area is 358 Å². The lowest BCUT2D eigenvalue weighted by molar-refractivity contribution is -0.137. The standard InChI is InChI=1S/C45H50N8O5S2/c54-39-14-13-37(41(55)47-39)52-29-36-34(43(52)57)9-6-10-38(36)59-25-5-4-18-49-21-23-51(24-22-49)32-15-19-50(20-16-32)33-12-11-31-28-53(44(58)35(31)27-33)40(30-7-2-1-3-8-30)42(56)48-45-46-17-26-60-45/h1-3,6-12,17,26-27,32,37,40H,4-5,13-16,18-25,28-29H2,(H,46,48,56)(H,47,54,55). The number of thiazole rings is 1. The Morgan fingerprint density at radius 3 is 2.45 bits per heavy atom. The monoisotopic (exact) mass is 846 g/mol. The van der Waals surface area contributed by atoms with Crippen LogP contribution in [0.1, 0.15) is 82.0 Å². The smallest absolute Gasteiger partial charge is 0.255 e. The first-order valence-corrected chi connectivity index (χ1v) is 23.0. The fraction of sp³-hybridized carbons (Fsp3) is 0.422. The molecule has 2 N–H and O–H groups in total. The highest BCUT2D eigenvalue weighted by Crippen LogP contribution is 2.37. The summed E-state index contributed by atoms with van der Waals surface area (Å²) < 4.78 is 0. The van der Waals surface area contributed by atoms with Crippen LogP contribution in [0.2, 0.25) is 0 Å². The number of piperidine rings is 2. The van der Waals surface area contributed by atoms with Gasteiger partial charge in [-0.15, -0.1) is 23.1 Å². The van der Waals surface area contributed by atoms with Gasteiger partial charge in [0.1, 0.15) is 12.1 Å². The first kappa shape index (κ1) is 40.3. The highest BCUT2D eigenvalue weighted by atomic mass is 32.2. The second-order valence-corrected chi connectivity index (χ2v) is 18.3. The van der Waals surface area contributed by atoms with E-state index in [9.17, 15) is 24.0 Å². The summed E-state index contributed by atoms with van der Waals surface area (Å²) in [4.78, 5) is 81.2. The molecule has 0 radical (unpaired) electrons. The summed E-state index contributed by atoms with van der Waals surface area (Å²) in [5.41, 5.74) is 5.11. The molecular weight excluding hydrogens is 797 g/mol. The number of hydrogen-bond acceptors (Lipinski definition) is 11. The highest BCUT2D eigenvalue weighted by Gasteiger charge is 2.41. The third-order valence-electron chi connectivity index (χ3n) is 12.7. The molecular formula is C45H50N8O5S2. The first-order valence-electron chi connectivity index (χ1n) is 21.1. The number of piperazine rings is 1. The van der Waals surface area contributed by atoms with Crippen LogP contribution in [0.25, 0.3) is 0 Å². The number of carbonyl (C=O) groups excluding carboxylic acids is 5. The van der Waals surface area contributed by atoms with Crippen molar-refractivity contribution in [3.8, 4) is 0 Å². The van der Waals surface area contributed by atoms with E-state index in [1.165, 1.54) is 11.3 Å². The molecule has 0 aliphatic carbocycles. The Hall–Kier alpha value is -5.09. The topological polar surface area (TPSA) is 138 Å². The zero-order valence-corrected chi connectivity index (χ0v) is 35.2. The Bertz CT molecular complexity index is 2240. The summed E-state index contributed by atoms with van der Waals surface area (Å²) in [6.45, 7) is 8.06. The third-order valence-corrected chi connectivity index (χ3v) is 14.6. The number of amides is 5. The van der Waals surface area contributed by atoms with Crippen molar-refractivity contribution in [1.29, 1.82) is 0 Å². The van der Waals surface area contributed by atoms with E-state index >= 15 is 0 Å². The van der Waals surface area contributed by atoms with E-state index in [2.05, 4.69) is 48.5 Å². The van der Waals surface area contributed by atoms with E-state index in [4.69, 9.17) is 0 Å². The largest absolute Gasteiger partial charge is 0.371 e. The summed E-state index contributed by atoms with van der Waals surface area (Å²) in [6, 6.07) is 20.7. The highest BCUT2D eigenvalue weighted by molar-refractivity contribution is 7.99. The Morgan fingerprint density at radius 2 is 1.68 bits per heavy atom. The maximum atomic E-state index is 14.0. The van der Waals surface area contributed by atoms with E-state index in [1.807, 2.05) is 53.9 Å². The van der Waals surface area contributed by atoms with Crippen LogP contribution >= 0.6 is 23.1 Å². The van der Waals surface area contributed by atoms with Gasteiger partial charge < -0.3 is 19.6 Å². The fourth-order valence-electron chi connectivity index (χ4n) is 9.44. The summed E-state index contributed by atoms with van der Waals surface area (Å²) in [6.07, 6.45) is 6.65. The molecule has 1 aromatic heterocycles. The predicted molar refractivity (Wildman–Crippen MR) is 232 cm³/mol. The van der Waals surface area contributed by atoms with E-state index in [0.717, 1.165) is 105 Å². The number of hydrogen-bond donors (Lipinski definition) is 2. The van der Waals surface area contributed by atoms with Crippen molar-refractivity contribution in [3.05, 3.63) is 106 Å². The van der Waals surface area contributed by atoms with Crippen molar-refractivity contribution in [2.24, 2.45) is 0 Å². The number of carbonyl (C=O) groups is 5. The summed E-state index contributed by atoms with van der Waals surface area (Å²) in [7, 11) is 0. The molecule has 13 nitrogen and oxygen atoms in total. The second kappa shape index (κ2) is 17.9. The molecule has 2 atom stereocenters. The van der Waals surface area contributed by atoms with Gasteiger partial charge in [-0.1, -0.05) is 42.5 Å². The van der Waals surface area contributed by atoms with Crippen LogP contribution in [0.4, 0.5) is 10.8 Å².